The van der Waals surface area contributed by atoms with E-state index in [1.54, 1.807) is 6.08 Å². The molecule has 0 amide bonds. The van der Waals surface area contributed by atoms with Crippen LogP contribution in [0.15, 0.2) is 11.6 Å². The van der Waals surface area contributed by atoms with E-state index in [0.717, 1.165) is 19.3 Å². The maximum absolute atomic E-state index is 12.1. The van der Waals surface area contributed by atoms with Crippen molar-refractivity contribution in [1.82, 2.24) is 0 Å². The first-order valence-corrected chi connectivity index (χ1v) is 6.97. The van der Waals surface area contributed by atoms with Gasteiger partial charge in [-0.05, 0) is 37.2 Å². The molecule has 0 bridgehead atoms. The van der Waals surface area contributed by atoms with Crippen LogP contribution in [0.2, 0.25) is 0 Å². The fraction of sp³-hybridized carbons (Fsp3) is 0.733. The molecule has 3 nitrogen and oxygen atoms in total. The summed E-state index contributed by atoms with van der Waals surface area (Å²) in [6.07, 6.45) is 5.54. The van der Waals surface area contributed by atoms with E-state index in [1.165, 1.54) is 5.57 Å². The van der Waals surface area contributed by atoms with Crippen LogP contribution < -0.4 is 0 Å². The summed E-state index contributed by atoms with van der Waals surface area (Å²) in [6, 6.07) is 0. The summed E-state index contributed by atoms with van der Waals surface area (Å²) in [5.41, 5.74) is 1.04. The van der Waals surface area contributed by atoms with Crippen LogP contribution in [-0.4, -0.2) is 22.8 Å². The minimum atomic E-state index is -0.380. The van der Waals surface area contributed by atoms with Crippen LogP contribution in [0.4, 0.5) is 0 Å². The first kappa shape index (κ1) is 12.1. The highest BCUT2D eigenvalue weighted by Gasteiger charge is 2.53. The molecule has 18 heavy (non-hydrogen) atoms. The second-order valence-corrected chi connectivity index (χ2v) is 6.30. The van der Waals surface area contributed by atoms with Gasteiger partial charge in [0.15, 0.2) is 5.78 Å². The Morgan fingerprint density at radius 2 is 2.00 bits per heavy atom. The smallest absolute Gasteiger partial charge is 0.155 e. The van der Waals surface area contributed by atoms with Crippen LogP contribution in [0.25, 0.3) is 0 Å². The fourth-order valence-electron chi connectivity index (χ4n) is 4.36. The number of hydrogen-bond donors (Lipinski definition) is 1. The quantitative estimate of drug-likeness (QED) is 0.713. The van der Waals surface area contributed by atoms with Crippen molar-refractivity contribution in [3.8, 4) is 0 Å². The van der Waals surface area contributed by atoms with Crippen LogP contribution in [-0.2, 0) is 9.59 Å². The van der Waals surface area contributed by atoms with Crippen molar-refractivity contribution >= 4 is 11.6 Å². The topological polar surface area (TPSA) is 54.4 Å². The molecule has 0 spiro atoms. The molecule has 3 rings (SSSR count). The highest BCUT2D eigenvalue weighted by Crippen LogP contribution is 2.55. The lowest BCUT2D eigenvalue weighted by atomic mass is 9.52. The number of carbonyl (C=O) groups is 2. The second-order valence-electron chi connectivity index (χ2n) is 6.30. The van der Waals surface area contributed by atoms with E-state index in [1.807, 2.05) is 0 Å². The van der Waals surface area contributed by atoms with Crippen LogP contribution in [0, 0.1) is 17.3 Å². The monoisotopic (exact) mass is 248 g/mol. The highest BCUT2D eigenvalue weighted by atomic mass is 16.3. The van der Waals surface area contributed by atoms with Crippen molar-refractivity contribution in [1.29, 1.82) is 0 Å². The molecule has 2 fully saturated rings. The van der Waals surface area contributed by atoms with Crippen molar-refractivity contribution in [2.75, 3.05) is 0 Å². The summed E-state index contributed by atoms with van der Waals surface area (Å²) >= 11 is 0. The number of carbonyl (C=O) groups excluding carboxylic acids is 2. The van der Waals surface area contributed by atoms with Gasteiger partial charge in [-0.2, -0.15) is 0 Å². The standard InChI is InChI=1S/C15H20O3/c1-15-7-6-10(16)8-9(15)2-3-11-12(17)4-5-13(18)14(11)15/h8,11,13-14,18H,2-7H2,1H3. The SMILES string of the molecule is CC12CCC(=O)C=C1CCC1C(=O)CCC(O)C12. The van der Waals surface area contributed by atoms with Crippen molar-refractivity contribution in [2.45, 2.75) is 51.6 Å². The number of aliphatic hydroxyl groups is 1. The third kappa shape index (κ3) is 1.60. The number of aliphatic hydroxyl groups excluding tert-OH is 1. The lowest BCUT2D eigenvalue weighted by Gasteiger charge is -2.52. The normalized spacial score (nSPS) is 44.1. The molecule has 3 aliphatic carbocycles. The minimum absolute atomic E-state index is 0.0177. The van der Waals surface area contributed by atoms with E-state index in [0.29, 0.717) is 25.0 Å². The Kier molecular flexibility index (Phi) is 2.70. The molecule has 0 aliphatic heterocycles. The number of allylic oxidation sites excluding steroid dienone is 2. The van der Waals surface area contributed by atoms with Crippen molar-refractivity contribution < 1.29 is 14.7 Å². The van der Waals surface area contributed by atoms with Crippen LogP contribution in [0.3, 0.4) is 0 Å². The zero-order valence-corrected chi connectivity index (χ0v) is 10.8. The Balaban J connectivity index is 2.02. The minimum Gasteiger partial charge on any atom is -0.393 e. The van der Waals surface area contributed by atoms with Crippen molar-refractivity contribution in [3.05, 3.63) is 11.6 Å². The molecule has 4 atom stereocenters. The maximum Gasteiger partial charge on any atom is 0.155 e. The van der Waals surface area contributed by atoms with Gasteiger partial charge in [0.25, 0.3) is 0 Å². The van der Waals surface area contributed by atoms with E-state index in [9.17, 15) is 14.7 Å². The number of fused-ring (bicyclic) bond motifs is 3. The van der Waals surface area contributed by atoms with Gasteiger partial charge in [0.1, 0.15) is 5.78 Å². The summed E-state index contributed by atoms with van der Waals surface area (Å²) in [7, 11) is 0. The van der Waals surface area contributed by atoms with Crippen molar-refractivity contribution in [2.24, 2.45) is 17.3 Å². The van der Waals surface area contributed by atoms with Gasteiger partial charge in [-0.3, -0.25) is 9.59 Å². The van der Waals surface area contributed by atoms with Gasteiger partial charge < -0.3 is 5.11 Å². The highest BCUT2D eigenvalue weighted by molar-refractivity contribution is 5.92. The van der Waals surface area contributed by atoms with E-state index < -0.39 is 0 Å². The van der Waals surface area contributed by atoms with Crippen LogP contribution >= 0.6 is 0 Å². The van der Waals surface area contributed by atoms with Gasteiger partial charge >= 0.3 is 0 Å². The van der Waals surface area contributed by atoms with Crippen LogP contribution in [0.5, 0.6) is 0 Å². The first-order chi connectivity index (χ1) is 8.52. The lowest BCUT2D eigenvalue weighted by Crippen LogP contribution is -2.51. The van der Waals surface area contributed by atoms with E-state index in [4.69, 9.17) is 0 Å². The average Bonchev–Trinajstić information content (AvgIpc) is 2.34. The van der Waals surface area contributed by atoms with Gasteiger partial charge in [-0.25, -0.2) is 0 Å². The van der Waals surface area contributed by atoms with E-state index >= 15 is 0 Å². The van der Waals surface area contributed by atoms with Gasteiger partial charge in [0, 0.05) is 24.7 Å². The van der Waals surface area contributed by atoms with E-state index in [-0.39, 0.29) is 29.1 Å². The molecule has 0 aromatic heterocycles. The molecule has 0 saturated heterocycles. The molecule has 0 aromatic rings. The molecule has 98 valence electrons. The molecule has 0 radical (unpaired) electrons. The zero-order chi connectivity index (χ0) is 12.9. The lowest BCUT2D eigenvalue weighted by molar-refractivity contribution is -0.139. The van der Waals surface area contributed by atoms with Gasteiger partial charge in [0.2, 0.25) is 0 Å². The molecule has 2 saturated carbocycles. The summed E-state index contributed by atoms with van der Waals surface area (Å²) in [4.78, 5) is 23.6. The Hall–Kier alpha value is -0.960. The summed E-state index contributed by atoms with van der Waals surface area (Å²) in [6.45, 7) is 2.14. The summed E-state index contributed by atoms with van der Waals surface area (Å²) < 4.78 is 0. The molecule has 1 N–H and O–H groups in total. The first-order valence-electron chi connectivity index (χ1n) is 6.97. The number of ketones is 2. The average molecular weight is 248 g/mol. The third-order valence-electron chi connectivity index (χ3n) is 5.37. The molecule has 3 aliphatic rings. The molecular formula is C15H20O3. The number of Topliss-reactive ketones (excluding diaryl/α,β-unsaturated/α-hetero) is 1. The van der Waals surface area contributed by atoms with Gasteiger partial charge in [-0.1, -0.05) is 12.5 Å². The predicted molar refractivity (Wildman–Crippen MR) is 66.9 cm³/mol. The fourth-order valence-corrected chi connectivity index (χ4v) is 4.36. The Bertz CT molecular complexity index is 437. The Labute approximate surface area is 107 Å². The zero-order valence-electron chi connectivity index (χ0n) is 10.8. The van der Waals surface area contributed by atoms with E-state index in [2.05, 4.69) is 6.92 Å². The predicted octanol–water partition coefficient (Wildman–Crippen LogP) is 2.03. The Morgan fingerprint density at radius 1 is 1.22 bits per heavy atom. The molecule has 0 aromatic carbocycles. The third-order valence-corrected chi connectivity index (χ3v) is 5.37. The molecular weight excluding hydrogens is 228 g/mol. The largest absolute Gasteiger partial charge is 0.393 e. The Morgan fingerprint density at radius 3 is 2.78 bits per heavy atom. The maximum atomic E-state index is 12.1. The molecule has 0 heterocycles. The second kappa shape index (κ2) is 4.02. The van der Waals surface area contributed by atoms with Crippen molar-refractivity contribution in [3.63, 3.8) is 0 Å². The number of hydrogen-bond acceptors (Lipinski definition) is 3. The van der Waals surface area contributed by atoms with Gasteiger partial charge in [-0.15, -0.1) is 0 Å². The van der Waals surface area contributed by atoms with Gasteiger partial charge in [0.05, 0.1) is 6.10 Å². The van der Waals surface area contributed by atoms with Crippen LogP contribution in [0.1, 0.15) is 45.4 Å². The summed E-state index contributed by atoms with van der Waals surface area (Å²) in [5.74, 6) is 0.580. The molecule has 3 heteroatoms. The summed E-state index contributed by atoms with van der Waals surface area (Å²) in [5, 5.41) is 10.3. The molecule has 4 unspecified atom stereocenters. The number of rotatable bonds is 0.